The lowest BCUT2D eigenvalue weighted by Gasteiger charge is -2.23. The van der Waals surface area contributed by atoms with Gasteiger partial charge in [-0.3, -0.25) is 0 Å². The summed E-state index contributed by atoms with van der Waals surface area (Å²) in [6.07, 6.45) is 5.23. The first kappa shape index (κ1) is 7.60. The van der Waals surface area contributed by atoms with E-state index in [9.17, 15) is 0 Å². The normalized spacial score (nSPS) is 44.2. The fourth-order valence-electron chi connectivity index (χ4n) is 2.21. The molecule has 1 saturated carbocycles. The van der Waals surface area contributed by atoms with Crippen molar-refractivity contribution < 1.29 is 4.74 Å². The molecule has 2 rings (SSSR count). The molecule has 2 aliphatic rings. The maximum absolute atomic E-state index is 5.71. The molecule has 1 aliphatic carbocycles. The van der Waals surface area contributed by atoms with Gasteiger partial charge in [0, 0.05) is 0 Å². The van der Waals surface area contributed by atoms with E-state index in [-0.39, 0.29) is 5.60 Å². The van der Waals surface area contributed by atoms with Crippen LogP contribution in [0, 0.1) is 17.9 Å². The molecule has 1 heteroatoms. The molecule has 1 heterocycles. The standard InChI is InChI=1S/C10H17O/c1-7(2)10-5-4-8(3)6-9(10)11-10/h7-8H,4-6H2,1-3H3. The SMILES string of the molecule is CC1CCC2(C(C)C)O[C]2C1. The Morgan fingerprint density at radius 3 is 2.82 bits per heavy atom. The molecule has 1 radical (unpaired) electrons. The van der Waals surface area contributed by atoms with Crippen LogP contribution in [0.1, 0.15) is 40.0 Å². The maximum Gasteiger partial charge on any atom is 0.130 e. The lowest BCUT2D eigenvalue weighted by atomic mass is 9.77. The zero-order chi connectivity index (χ0) is 8.06. The van der Waals surface area contributed by atoms with E-state index in [1.54, 1.807) is 0 Å². The van der Waals surface area contributed by atoms with Gasteiger partial charge in [-0.25, -0.2) is 0 Å². The summed E-state index contributed by atoms with van der Waals surface area (Å²) >= 11 is 0. The van der Waals surface area contributed by atoms with Crippen LogP contribution in [0.2, 0.25) is 0 Å². The number of rotatable bonds is 1. The second kappa shape index (κ2) is 2.22. The van der Waals surface area contributed by atoms with E-state index in [0.717, 1.165) is 5.92 Å². The number of ether oxygens (including phenoxy) is 1. The summed E-state index contributed by atoms with van der Waals surface area (Å²) in [7, 11) is 0. The molecular formula is C10H17O. The van der Waals surface area contributed by atoms with Gasteiger partial charge in [-0.05, 0) is 31.1 Å². The van der Waals surface area contributed by atoms with E-state index in [0.29, 0.717) is 5.92 Å². The molecule has 2 unspecified atom stereocenters. The molecule has 0 aromatic heterocycles. The Morgan fingerprint density at radius 2 is 2.27 bits per heavy atom. The van der Waals surface area contributed by atoms with E-state index in [1.807, 2.05) is 0 Å². The van der Waals surface area contributed by atoms with Crippen molar-refractivity contribution in [3.8, 4) is 0 Å². The molecule has 11 heavy (non-hydrogen) atoms. The van der Waals surface area contributed by atoms with Crippen LogP contribution in [0.5, 0.6) is 0 Å². The molecule has 0 N–H and O–H groups in total. The molecule has 0 aromatic carbocycles. The van der Waals surface area contributed by atoms with Crippen LogP contribution in [0.25, 0.3) is 0 Å². The van der Waals surface area contributed by atoms with Crippen LogP contribution in [0.15, 0.2) is 0 Å². The molecule has 2 atom stereocenters. The zero-order valence-corrected chi connectivity index (χ0v) is 7.68. The first-order chi connectivity index (χ1) is 5.15. The number of epoxide rings is 1. The number of hydrogen-bond acceptors (Lipinski definition) is 1. The second-order valence-electron chi connectivity index (χ2n) is 4.42. The largest absolute Gasteiger partial charge is 0.359 e. The van der Waals surface area contributed by atoms with Crippen molar-refractivity contribution in [1.82, 2.24) is 0 Å². The van der Waals surface area contributed by atoms with Crippen molar-refractivity contribution in [1.29, 1.82) is 0 Å². The zero-order valence-electron chi connectivity index (χ0n) is 7.68. The number of fused-ring (bicyclic) bond motifs is 1. The molecule has 63 valence electrons. The molecule has 2 fully saturated rings. The first-order valence-electron chi connectivity index (χ1n) is 4.70. The summed E-state index contributed by atoms with van der Waals surface area (Å²) in [4.78, 5) is 0. The van der Waals surface area contributed by atoms with Crippen molar-refractivity contribution in [2.75, 3.05) is 0 Å². The minimum atomic E-state index is 0.243. The van der Waals surface area contributed by atoms with Crippen LogP contribution in [-0.4, -0.2) is 5.60 Å². The second-order valence-corrected chi connectivity index (χ2v) is 4.42. The summed E-state index contributed by atoms with van der Waals surface area (Å²) in [5.41, 5.74) is 0.243. The van der Waals surface area contributed by atoms with E-state index < -0.39 is 0 Å². The smallest absolute Gasteiger partial charge is 0.130 e. The molecule has 0 spiro atoms. The Morgan fingerprint density at radius 1 is 1.55 bits per heavy atom. The average Bonchev–Trinajstić information content (AvgIpc) is 2.62. The van der Waals surface area contributed by atoms with Crippen molar-refractivity contribution in [3.05, 3.63) is 6.10 Å². The highest BCUT2D eigenvalue weighted by Crippen LogP contribution is 2.59. The summed E-state index contributed by atoms with van der Waals surface area (Å²) in [5, 5.41) is 0. The predicted molar refractivity (Wildman–Crippen MR) is 44.9 cm³/mol. The van der Waals surface area contributed by atoms with E-state index in [1.165, 1.54) is 25.4 Å². The topological polar surface area (TPSA) is 12.5 Å². The Hall–Kier alpha value is -0.0400. The molecule has 1 aliphatic heterocycles. The first-order valence-corrected chi connectivity index (χ1v) is 4.70. The van der Waals surface area contributed by atoms with E-state index in [4.69, 9.17) is 4.74 Å². The summed E-state index contributed by atoms with van der Waals surface area (Å²) in [5.74, 6) is 1.55. The highest BCUT2D eigenvalue weighted by atomic mass is 16.6. The van der Waals surface area contributed by atoms with Crippen LogP contribution in [0.4, 0.5) is 0 Å². The van der Waals surface area contributed by atoms with E-state index in [2.05, 4.69) is 20.8 Å². The highest BCUT2D eigenvalue weighted by Gasteiger charge is 2.61. The Labute approximate surface area is 69.1 Å². The van der Waals surface area contributed by atoms with Crippen molar-refractivity contribution >= 4 is 0 Å². The highest BCUT2D eigenvalue weighted by molar-refractivity contribution is 5.21. The van der Waals surface area contributed by atoms with Crippen LogP contribution >= 0.6 is 0 Å². The Bertz CT molecular complexity index is 164. The van der Waals surface area contributed by atoms with Gasteiger partial charge in [-0.2, -0.15) is 0 Å². The van der Waals surface area contributed by atoms with Gasteiger partial charge in [0.05, 0.1) is 0 Å². The Kier molecular flexibility index (Phi) is 1.54. The minimum Gasteiger partial charge on any atom is -0.359 e. The Balaban J connectivity index is 2.02. The molecule has 0 amide bonds. The third kappa shape index (κ3) is 1.01. The molecule has 1 saturated heterocycles. The fraction of sp³-hybridized carbons (Fsp3) is 0.900. The maximum atomic E-state index is 5.71. The van der Waals surface area contributed by atoms with Crippen molar-refractivity contribution in [3.63, 3.8) is 0 Å². The van der Waals surface area contributed by atoms with Gasteiger partial charge in [-0.1, -0.05) is 20.8 Å². The number of hydrogen-bond donors (Lipinski definition) is 0. The lowest BCUT2D eigenvalue weighted by molar-refractivity contribution is 0.219. The third-order valence-electron chi connectivity index (χ3n) is 3.21. The van der Waals surface area contributed by atoms with Gasteiger partial charge >= 0.3 is 0 Å². The summed E-state index contributed by atoms with van der Waals surface area (Å²) in [6.45, 7) is 6.85. The van der Waals surface area contributed by atoms with Crippen LogP contribution < -0.4 is 0 Å². The molecule has 0 aromatic rings. The van der Waals surface area contributed by atoms with Crippen LogP contribution in [-0.2, 0) is 4.74 Å². The third-order valence-corrected chi connectivity index (χ3v) is 3.21. The molecule has 0 bridgehead atoms. The van der Waals surface area contributed by atoms with Gasteiger partial charge in [0.2, 0.25) is 0 Å². The minimum absolute atomic E-state index is 0.243. The summed E-state index contributed by atoms with van der Waals surface area (Å²) < 4.78 is 5.71. The predicted octanol–water partition coefficient (Wildman–Crippen LogP) is 2.76. The van der Waals surface area contributed by atoms with Crippen LogP contribution in [0.3, 0.4) is 0 Å². The van der Waals surface area contributed by atoms with E-state index >= 15 is 0 Å². The van der Waals surface area contributed by atoms with Crippen molar-refractivity contribution in [2.24, 2.45) is 11.8 Å². The van der Waals surface area contributed by atoms with Gasteiger partial charge in [0.25, 0.3) is 0 Å². The van der Waals surface area contributed by atoms with Gasteiger partial charge in [-0.15, -0.1) is 0 Å². The van der Waals surface area contributed by atoms with Gasteiger partial charge < -0.3 is 4.74 Å². The fourth-order valence-corrected chi connectivity index (χ4v) is 2.21. The molecular weight excluding hydrogens is 136 g/mol. The monoisotopic (exact) mass is 153 g/mol. The molecule has 1 nitrogen and oxygen atoms in total. The van der Waals surface area contributed by atoms with Gasteiger partial charge in [0.15, 0.2) is 0 Å². The quantitative estimate of drug-likeness (QED) is 0.528. The van der Waals surface area contributed by atoms with Gasteiger partial charge in [0.1, 0.15) is 11.7 Å². The lowest BCUT2D eigenvalue weighted by Crippen LogP contribution is -2.25. The average molecular weight is 153 g/mol. The van der Waals surface area contributed by atoms with Crippen molar-refractivity contribution in [2.45, 2.75) is 45.6 Å². The summed E-state index contributed by atoms with van der Waals surface area (Å²) in [6, 6.07) is 0.